The molecule has 0 radical (unpaired) electrons. The van der Waals surface area contributed by atoms with Crippen molar-refractivity contribution in [2.45, 2.75) is 26.6 Å². The molecule has 0 aliphatic carbocycles. The van der Waals surface area contributed by atoms with Gasteiger partial charge in [-0.15, -0.1) is 0 Å². The van der Waals surface area contributed by atoms with E-state index in [0.717, 1.165) is 27.2 Å². The van der Waals surface area contributed by atoms with Gasteiger partial charge in [-0.1, -0.05) is 23.7 Å². The molecule has 0 saturated heterocycles. The number of rotatable bonds is 6. The first kappa shape index (κ1) is 18.9. The van der Waals surface area contributed by atoms with E-state index in [2.05, 4.69) is 36.8 Å². The fourth-order valence-electron chi connectivity index (χ4n) is 2.34. The van der Waals surface area contributed by atoms with Crippen LogP contribution in [0.25, 0.3) is 0 Å². The molecule has 136 valence electrons. The molecule has 2 heterocycles. The molecule has 0 spiro atoms. The normalized spacial score (nSPS) is 10.7. The summed E-state index contributed by atoms with van der Waals surface area (Å²) in [6, 6.07) is 7.70. The zero-order chi connectivity index (χ0) is 18.5. The first-order valence-electron chi connectivity index (χ1n) is 8.07. The lowest BCUT2D eigenvalue weighted by molar-refractivity contribution is 0.659. The molecule has 0 unspecified atom stereocenters. The zero-order valence-electron chi connectivity index (χ0n) is 14.1. The Kier molecular flexibility index (Phi) is 6.29. The van der Waals surface area contributed by atoms with Crippen LogP contribution >= 0.6 is 39.7 Å². The Morgan fingerprint density at radius 3 is 2.65 bits per heavy atom. The first-order valence-corrected chi connectivity index (χ1v) is 9.65. The molecule has 2 N–H and O–H groups in total. The lowest BCUT2D eigenvalue weighted by atomic mass is 10.2. The summed E-state index contributed by atoms with van der Waals surface area (Å²) in [6.07, 6.45) is 5.73. The molecule has 0 fully saturated rings. The summed E-state index contributed by atoms with van der Waals surface area (Å²) in [7, 11) is 0. The Morgan fingerprint density at radius 1 is 1.19 bits per heavy atom. The van der Waals surface area contributed by atoms with Crippen molar-refractivity contribution in [3.05, 3.63) is 63.5 Å². The number of hydrogen-bond donors (Lipinski definition) is 2. The van der Waals surface area contributed by atoms with E-state index in [0.29, 0.717) is 24.0 Å². The number of benzene rings is 1. The Morgan fingerprint density at radius 2 is 1.96 bits per heavy atom. The topological polar surface area (TPSA) is 59.7 Å². The predicted molar refractivity (Wildman–Crippen MR) is 111 cm³/mol. The van der Waals surface area contributed by atoms with E-state index in [9.17, 15) is 0 Å². The van der Waals surface area contributed by atoms with Crippen LogP contribution in [0.15, 0.2) is 47.3 Å². The number of aryl methyl sites for hydroxylation is 1. The number of thiocarbonyl (C=S) groups is 1. The molecular formula is C17H18BrClN6S. The molecule has 0 amide bonds. The van der Waals surface area contributed by atoms with Crippen molar-refractivity contribution in [1.82, 2.24) is 24.9 Å². The number of hydrogen-bond acceptors (Lipinski definition) is 3. The lowest BCUT2D eigenvalue weighted by Gasteiger charge is -2.08. The van der Waals surface area contributed by atoms with Crippen molar-refractivity contribution in [2.75, 3.05) is 5.32 Å². The van der Waals surface area contributed by atoms with E-state index in [1.54, 1.807) is 0 Å². The smallest absolute Gasteiger partial charge is 0.172 e. The Bertz CT molecular complexity index is 889. The van der Waals surface area contributed by atoms with Crippen LogP contribution in [0.2, 0.25) is 5.02 Å². The predicted octanol–water partition coefficient (Wildman–Crippen LogP) is 4.05. The highest BCUT2D eigenvalue weighted by Crippen LogP contribution is 2.21. The van der Waals surface area contributed by atoms with E-state index < -0.39 is 0 Å². The third-order valence-corrected chi connectivity index (χ3v) is 4.75. The minimum Gasteiger partial charge on any atom is -0.358 e. The van der Waals surface area contributed by atoms with Gasteiger partial charge in [0.25, 0.3) is 0 Å². The van der Waals surface area contributed by atoms with Gasteiger partial charge >= 0.3 is 0 Å². The summed E-state index contributed by atoms with van der Waals surface area (Å²) >= 11 is 14.8. The van der Waals surface area contributed by atoms with Crippen LogP contribution in [0, 0.1) is 0 Å². The van der Waals surface area contributed by atoms with Gasteiger partial charge in [0.2, 0.25) is 0 Å². The summed E-state index contributed by atoms with van der Waals surface area (Å²) < 4.78 is 4.56. The lowest BCUT2D eigenvalue weighted by Crippen LogP contribution is -2.28. The number of nitrogens with one attached hydrogen (secondary N) is 2. The van der Waals surface area contributed by atoms with Gasteiger partial charge in [0.05, 0.1) is 17.2 Å². The third-order valence-electron chi connectivity index (χ3n) is 3.67. The molecule has 6 nitrogen and oxygen atoms in total. The fourth-order valence-corrected chi connectivity index (χ4v) is 3.05. The SMILES string of the molecule is CCn1cc(CNC(=S)Nc2nn(Cc3ccc(Cl)cc3)cc2Br)cn1. The second kappa shape index (κ2) is 8.66. The van der Waals surface area contributed by atoms with E-state index in [1.807, 2.05) is 59.1 Å². The van der Waals surface area contributed by atoms with Gasteiger partial charge in [-0.05, 0) is 52.8 Å². The van der Waals surface area contributed by atoms with Gasteiger partial charge < -0.3 is 10.6 Å². The number of halogens is 2. The highest BCUT2D eigenvalue weighted by Gasteiger charge is 2.09. The van der Waals surface area contributed by atoms with Crippen LogP contribution in [0.5, 0.6) is 0 Å². The molecule has 0 saturated carbocycles. The summed E-state index contributed by atoms with van der Waals surface area (Å²) in [4.78, 5) is 0. The first-order chi connectivity index (χ1) is 12.5. The van der Waals surface area contributed by atoms with Gasteiger partial charge in [0, 0.05) is 36.1 Å². The van der Waals surface area contributed by atoms with Crippen molar-refractivity contribution in [3.8, 4) is 0 Å². The maximum atomic E-state index is 5.92. The largest absolute Gasteiger partial charge is 0.358 e. The molecule has 0 aliphatic rings. The molecule has 3 aromatic rings. The quantitative estimate of drug-likeness (QED) is 0.551. The minimum atomic E-state index is 0.506. The summed E-state index contributed by atoms with van der Waals surface area (Å²) in [5.41, 5.74) is 2.19. The van der Waals surface area contributed by atoms with Crippen LogP contribution in [0.4, 0.5) is 5.82 Å². The van der Waals surface area contributed by atoms with Gasteiger partial charge in [0.1, 0.15) is 0 Å². The maximum Gasteiger partial charge on any atom is 0.172 e. The average Bonchev–Trinajstić information content (AvgIpc) is 3.22. The van der Waals surface area contributed by atoms with Gasteiger partial charge in [-0.2, -0.15) is 10.2 Å². The summed E-state index contributed by atoms with van der Waals surface area (Å²) in [6.45, 7) is 4.15. The molecule has 0 bridgehead atoms. The van der Waals surface area contributed by atoms with Gasteiger partial charge in [-0.3, -0.25) is 9.36 Å². The van der Waals surface area contributed by atoms with Crippen molar-refractivity contribution >= 4 is 50.7 Å². The summed E-state index contributed by atoms with van der Waals surface area (Å²) in [5, 5.41) is 16.3. The Hall–Kier alpha value is -1.90. The van der Waals surface area contributed by atoms with E-state index in [-0.39, 0.29) is 0 Å². The van der Waals surface area contributed by atoms with Crippen LogP contribution in [0.3, 0.4) is 0 Å². The summed E-state index contributed by atoms with van der Waals surface area (Å²) in [5.74, 6) is 0.667. The van der Waals surface area contributed by atoms with Crippen molar-refractivity contribution in [3.63, 3.8) is 0 Å². The highest BCUT2D eigenvalue weighted by atomic mass is 79.9. The van der Waals surface area contributed by atoms with E-state index in [1.165, 1.54) is 0 Å². The monoisotopic (exact) mass is 452 g/mol. The van der Waals surface area contributed by atoms with Crippen molar-refractivity contribution in [2.24, 2.45) is 0 Å². The van der Waals surface area contributed by atoms with E-state index >= 15 is 0 Å². The minimum absolute atomic E-state index is 0.506. The molecule has 0 aliphatic heterocycles. The molecule has 2 aromatic heterocycles. The Balaban J connectivity index is 1.56. The van der Waals surface area contributed by atoms with Gasteiger partial charge in [0.15, 0.2) is 10.9 Å². The number of anilines is 1. The van der Waals surface area contributed by atoms with Crippen LogP contribution in [0.1, 0.15) is 18.1 Å². The van der Waals surface area contributed by atoms with Crippen molar-refractivity contribution in [1.29, 1.82) is 0 Å². The van der Waals surface area contributed by atoms with Crippen molar-refractivity contribution < 1.29 is 0 Å². The molecule has 1 aromatic carbocycles. The standard InChI is InChI=1S/C17H18BrClN6S/c1-2-24-10-13(8-21-24)7-20-17(26)22-16-15(18)11-25(23-16)9-12-3-5-14(19)6-4-12/h3-6,8,10-11H,2,7,9H2,1H3,(H2,20,22,23,26). The number of nitrogens with zero attached hydrogens (tertiary/aromatic N) is 4. The average molecular weight is 454 g/mol. The number of aromatic nitrogens is 4. The second-order valence-electron chi connectivity index (χ2n) is 5.66. The van der Waals surface area contributed by atoms with Crippen LogP contribution in [-0.2, 0) is 19.6 Å². The molecule has 26 heavy (non-hydrogen) atoms. The Labute approximate surface area is 170 Å². The zero-order valence-corrected chi connectivity index (χ0v) is 17.3. The van der Waals surface area contributed by atoms with Crippen LogP contribution in [-0.4, -0.2) is 24.7 Å². The second-order valence-corrected chi connectivity index (χ2v) is 7.36. The van der Waals surface area contributed by atoms with Gasteiger partial charge in [-0.25, -0.2) is 0 Å². The van der Waals surface area contributed by atoms with Crippen LogP contribution < -0.4 is 10.6 Å². The fraction of sp³-hybridized carbons (Fsp3) is 0.235. The molecule has 0 atom stereocenters. The maximum absolute atomic E-state index is 5.92. The van der Waals surface area contributed by atoms with E-state index in [4.69, 9.17) is 23.8 Å². The molecule has 9 heteroatoms. The molecule has 3 rings (SSSR count). The molecular weight excluding hydrogens is 436 g/mol. The highest BCUT2D eigenvalue weighted by molar-refractivity contribution is 9.10. The third kappa shape index (κ3) is 5.06.